The Morgan fingerprint density at radius 2 is 2.00 bits per heavy atom. The zero-order valence-corrected chi connectivity index (χ0v) is 8.88. The van der Waals surface area contributed by atoms with Gasteiger partial charge in [0.15, 0.2) is 0 Å². The fraction of sp³-hybridized carbons (Fsp3) is 0.200. The first-order chi connectivity index (χ1) is 6.46. The highest BCUT2D eigenvalue weighted by Crippen LogP contribution is 2.20. The third-order valence-electron chi connectivity index (χ3n) is 1.90. The minimum atomic E-state index is -4.13. The van der Waals surface area contributed by atoms with Crippen LogP contribution in [0.3, 0.4) is 0 Å². The van der Waals surface area contributed by atoms with E-state index in [-0.39, 0.29) is 4.90 Å². The first-order valence-corrected chi connectivity index (χ1v) is 5.60. The summed E-state index contributed by atoms with van der Waals surface area (Å²) in [4.78, 5) is -0.0457. The van der Waals surface area contributed by atoms with Crippen LogP contribution in [-0.4, -0.2) is 13.0 Å². The van der Waals surface area contributed by atoms with E-state index < -0.39 is 10.1 Å². The average Bonchev–Trinajstić information content (AvgIpc) is 2.07. The number of hydrogen-bond donors (Lipinski definition) is 1. The summed E-state index contributed by atoms with van der Waals surface area (Å²) in [6.45, 7) is 3.59. The molecule has 0 aliphatic rings. The maximum atomic E-state index is 11.0. The molecule has 76 valence electrons. The first-order valence-electron chi connectivity index (χ1n) is 4.16. The Morgan fingerprint density at radius 3 is 2.50 bits per heavy atom. The maximum absolute atomic E-state index is 11.0. The number of allylic oxidation sites excluding steroid dienone is 1. The van der Waals surface area contributed by atoms with Crippen LogP contribution in [0.2, 0.25) is 0 Å². The van der Waals surface area contributed by atoms with Gasteiger partial charge in [-0.1, -0.05) is 24.3 Å². The van der Waals surface area contributed by atoms with Crippen LogP contribution in [0.4, 0.5) is 0 Å². The smallest absolute Gasteiger partial charge is 0.282 e. The predicted molar refractivity (Wildman–Crippen MR) is 55.7 cm³/mol. The lowest BCUT2D eigenvalue weighted by Gasteiger charge is -2.05. The van der Waals surface area contributed by atoms with Gasteiger partial charge in [-0.25, -0.2) is 0 Å². The van der Waals surface area contributed by atoms with E-state index in [1.807, 2.05) is 0 Å². The fourth-order valence-corrected chi connectivity index (χ4v) is 2.02. The quantitative estimate of drug-likeness (QED) is 0.765. The van der Waals surface area contributed by atoms with Crippen molar-refractivity contribution < 1.29 is 13.0 Å². The zero-order chi connectivity index (χ0) is 10.8. The summed E-state index contributed by atoms with van der Waals surface area (Å²) < 4.78 is 31.0. The van der Waals surface area contributed by atoms with Crippen molar-refractivity contribution in [1.82, 2.24) is 0 Å². The molecule has 14 heavy (non-hydrogen) atoms. The van der Waals surface area contributed by atoms with Gasteiger partial charge in [0, 0.05) is 0 Å². The van der Waals surface area contributed by atoms with Gasteiger partial charge < -0.3 is 0 Å². The van der Waals surface area contributed by atoms with Crippen molar-refractivity contribution in [2.24, 2.45) is 0 Å². The molecule has 1 N–H and O–H groups in total. The number of rotatable bonds is 2. The van der Waals surface area contributed by atoms with Crippen LogP contribution >= 0.6 is 0 Å². The molecule has 0 saturated carbocycles. The Morgan fingerprint density at radius 1 is 1.36 bits per heavy atom. The second-order valence-corrected chi connectivity index (χ2v) is 4.35. The standard InChI is InChI=1S/C10H12O3S/c1-3-5-9-8(2)6-4-7-10(9)14(11,12)13/h3-7H,1-2H3,(H,11,12,13). The van der Waals surface area contributed by atoms with Crippen molar-refractivity contribution in [2.45, 2.75) is 18.7 Å². The summed E-state index contributed by atoms with van der Waals surface area (Å²) in [5, 5.41) is 0. The van der Waals surface area contributed by atoms with Crippen LogP contribution < -0.4 is 0 Å². The van der Waals surface area contributed by atoms with Crippen molar-refractivity contribution in [3.05, 3.63) is 35.4 Å². The van der Waals surface area contributed by atoms with Crippen LogP contribution in [0.15, 0.2) is 29.2 Å². The van der Waals surface area contributed by atoms with Crippen LogP contribution in [-0.2, 0) is 10.1 Å². The van der Waals surface area contributed by atoms with Crippen molar-refractivity contribution in [3.63, 3.8) is 0 Å². The fourth-order valence-electron chi connectivity index (χ4n) is 1.26. The Bertz CT molecular complexity index is 458. The molecule has 0 heterocycles. The molecule has 0 saturated heterocycles. The molecule has 0 aliphatic carbocycles. The summed E-state index contributed by atoms with van der Waals surface area (Å²) in [7, 11) is -4.13. The molecule has 4 heteroatoms. The molecule has 0 bridgehead atoms. The molecule has 0 unspecified atom stereocenters. The summed E-state index contributed by atoms with van der Waals surface area (Å²) in [5.41, 5.74) is 1.36. The van der Waals surface area contributed by atoms with Crippen LogP contribution in [0.1, 0.15) is 18.1 Å². The lowest BCUT2D eigenvalue weighted by molar-refractivity contribution is 0.483. The van der Waals surface area contributed by atoms with Crippen LogP contribution in [0.5, 0.6) is 0 Å². The topological polar surface area (TPSA) is 54.4 Å². The van der Waals surface area contributed by atoms with E-state index in [1.165, 1.54) is 6.07 Å². The Hall–Kier alpha value is -1.13. The third kappa shape index (κ3) is 2.21. The molecule has 1 aromatic rings. The Kier molecular flexibility index (Phi) is 3.08. The highest BCUT2D eigenvalue weighted by atomic mass is 32.2. The van der Waals surface area contributed by atoms with Gasteiger partial charge in [0.05, 0.1) is 0 Å². The molecule has 0 aliphatic heterocycles. The van der Waals surface area contributed by atoms with Crippen molar-refractivity contribution in [1.29, 1.82) is 0 Å². The van der Waals surface area contributed by atoms with E-state index in [2.05, 4.69) is 0 Å². The van der Waals surface area contributed by atoms with E-state index in [0.717, 1.165) is 5.56 Å². The van der Waals surface area contributed by atoms with Crippen molar-refractivity contribution in [2.75, 3.05) is 0 Å². The lowest BCUT2D eigenvalue weighted by Crippen LogP contribution is -2.01. The molecule has 3 nitrogen and oxygen atoms in total. The van der Waals surface area contributed by atoms with Crippen molar-refractivity contribution >= 4 is 16.2 Å². The molecular formula is C10H12O3S. The summed E-state index contributed by atoms with van der Waals surface area (Å²) in [6.07, 6.45) is 3.40. The van der Waals surface area contributed by atoms with Gasteiger partial charge in [-0.15, -0.1) is 0 Å². The van der Waals surface area contributed by atoms with E-state index in [9.17, 15) is 8.42 Å². The number of aryl methyl sites for hydroxylation is 1. The van der Waals surface area contributed by atoms with Crippen molar-refractivity contribution in [3.8, 4) is 0 Å². The van der Waals surface area contributed by atoms with Gasteiger partial charge in [0.1, 0.15) is 4.90 Å². The van der Waals surface area contributed by atoms with Gasteiger partial charge in [-0.2, -0.15) is 8.42 Å². The maximum Gasteiger partial charge on any atom is 0.295 e. The minimum absolute atomic E-state index is 0.0457. The summed E-state index contributed by atoms with van der Waals surface area (Å²) in [5.74, 6) is 0. The average molecular weight is 212 g/mol. The third-order valence-corrected chi connectivity index (χ3v) is 2.81. The van der Waals surface area contributed by atoms with E-state index in [1.54, 1.807) is 38.1 Å². The number of hydrogen-bond acceptors (Lipinski definition) is 2. The number of benzene rings is 1. The molecular weight excluding hydrogens is 200 g/mol. The van der Waals surface area contributed by atoms with Gasteiger partial charge >= 0.3 is 0 Å². The zero-order valence-electron chi connectivity index (χ0n) is 8.06. The molecule has 0 amide bonds. The first kappa shape index (κ1) is 10.9. The summed E-state index contributed by atoms with van der Waals surface area (Å²) >= 11 is 0. The van der Waals surface area contributed by atoms with Gasteiger partial charge in [-0.3, -0.25) is 4.55 Å². The van der Waals surface area contributed by atoms with E-state index in [4.69, 9.17) is 4.55 Å². The Labute approximate surface area is 83.8 Å². The second-order valence-electron chi connectivity index (χ2n) is 2.96. The largest absolute Gasteiger partial charge is 0.295 e. The van der Waals surface area contributed by atoms with E-state index in [0.29, 0.717) is 5.56 Å². The van der Waals surface area contributed by atoms with Crippen LogP contribution in [0, 0.1) is 6.92 Å². The molecule has 1 rings (SSSR count). The summed E-state index contributed by atoms with van der Waals surface area (Å²) in [6, 6.07) is 4.78. The molecule has 0 radical (unpaired) electrons. The SMILES string of the molecule is CC=Cc1c(C)cccc1S(=O)(=O)O. The molecule has 0 atom stereocenters. The predicted octanol–water partition coefficient (Wildman–Crippen LogP) is 2.27. The van der Waals surface area contributed by atoms with E-state index >= 15 is 0 Å². The minimum Gasteiger partial charge on any atom is -0.282 e. The second kappa shape index (κ2) is 3.94. The molecule has 0 spiro atoms. The normalized spacial score (nSPS) is 12.2. The lowest BCUT2D eigenvalue weighted by atomic mass is 10.1. The van der Waals surface area contributed by atoms with Gasteiger partial charge in [0.25, 0.3) is 10.1 Å². The van der Waals surface area contributed by atoms with Gasteiger partial charge in [-0.05, 0) is 31.0 Å². The molecule has 0 aromatic heterocycles. The molecule has 0 fully saturated rings. The highest BCUT2D eigenvalue weighted by molar-refractivity contribution is 7.85. The monoisotopic (exact) mass is 212 g/mol. The molecule has 1 aromatic carbocycles. The Balaban J connectivity index is 3.52. The highest BCUT2D eigenvalue weighted by Gasteiger charge is 2.14. The van der Waals surface area contributed by atoms with Crippen LogP contribution in [0.25, 0.3) is 6.08 Å². The van der Waals surface area contributed by atoms with Gasteiger partial charge in [0.2, 0.25) is 0 Å².